The zero-order valence-corrected chi connectivity index (χ0v) is 14.4. The Morgan fingerprint density at radius 2 is 1.55 bits per heavy atom. The fraction of sp³-hybridized carbons (Fsp3) is 0.368. The van der Waals surface area contributed by atoms with E-state index in [9.17, 15) is 5.11 Å². The van der Waals surface area contributed by atoms with Gasteiger partial charge in [0.1, 0.15) is 0 Å². The van der Waals surface area contributed by atoms with Crippen LogP contribution in [0.5, 0.6) is 0 Å². The highest BCUT2D eigenvalue weighted by Crippen LogP contribution is 2.31. The highest BCUT2D eigenvalue weighted by molar-refractivity contribution is 7.99. The molecule has 2 aromatic rings. The summed E-state index contributed by atoms with van der Waals surface area (Å²) in [6, 6.07) is 18.6. The van der Waals surface area contributed by atoms with Gasteiger partial charge in [-0.15, -0.1) is 0 Å². The molecule has 2 nitrogen and oxygen atoms in total. The molecule has 0 saturated heterocycles. The number of hydrogen-bond acceptors (Lipinski definition) is 3. The molecule has 0 amide bonds. The Bertz CT molecular complexity index is 564. The molecule has 2 aromatic carbocycles. The Kier molecular flexibility index (Phi) is 6.07. The van der Waals surface area contributed by atoms with Crippen LogP contribution in [0.3, 0.4) is 0 Å². The maximum absolute atomic E-state index is 10.7. The molecular formula is C19H25NOS. The maximum Gasteiger partial charge on any atom is 0.0869 e. The van der Waals surface area contributed by atoms with Crippen LogP contribution >= 0.6 is 11.8 Å². The van der Waals surface area contributed by atoms with Crippen LogP contribution in [0.25, 0.3) is 0 Å². The molecule has 1 atom stereocenters. The van der Waals surface area contributed by atoms with Gasteiger partial charge in [-0.05, 0) is 70.2 Å². The normalized spacial score (nSPS) is 14.0. The van der Waals surface area contributed by atoms with Crippen molar-refractivity contribution in [2.24, 2.45) is 0 Å². The molecule has 0 radical (unpaired) electrons. The molecule has 0 aromatic heterocycles. The molecule has 0 fully saturated rings. The van der Waals surface area contributed by atoms with Crippen molar-refractivity contribution in [2.45, 2.75) is 35.2 Å². The standard InChI is InChI=1S/C19H25NOS/c1-19(21,14-7-15-20(2)3)16-10-12-18(13-11-16)22-17-8-5-4-6-9-17/h4-6,8-13,21H,7,14-15H2,1-3H3. The van der Waals surface area contributed by atoms with Gasteiger partial charge in [0.25, 0.3) is 0 Å². The first-order valence-electron chi connectivity index (χ1n) is 7.68. The van der Waals surface area contributed by atoms with E-state index in [0.29, 0.717) is 0 Å². The van der Waals surface area contributed by atoms with Crippen molar-refractivity contribution in [2.75, 3.05) is 20.6 Å². The quantitative estimate of drug-likeness (QED) is 0.820. The van der Waals surface area contributed by atoms with Crippen molar-refractivity contribution < 1.29 is 5.11 Å². The highest BCUT2D eigenvalue weighted by atomic mass is 32.2. The van der Waals surface area contributed by atoms with Crippen molar-refractivity contribution in [3.63, 3.8) is 0 Å². The first-order chi connectivity index (χ1) is 10.5. The van der Waals surface area contributed by atoms with Crippen molar-refractivity contribution in [3.05, 3.63) is 60.2 Å². The first kappa shape index (κ1) is 17.1. The van der Waals surface area contributed by atoms with Gasteiger partial charge in [0.15, 0.2) is 0 Å². The van der Waals surface area contributed by atoms with Gasteiger partial charge in [0.05, 0.1) is 5.60 Å². The third-order valence-corrected chi connectivity index (χ3v) is 4.74. The number of hydrogen-bond donors (Lipinski definition) is 1. The first-order valence-corrected chi connectivity index (χ1v) is 8.49. The highest BCUT2D eigenvalue weighted by Gasteiger charge is 2.22. The molecule has 0 bridgehead atoms. The minimum atomic E-state index is -0.758. The Balaban J connectivity index is 1.98. The minimum absolute atomic E-state index is 0.758. The Morgan fingerprint density at radius 3 is 2.14 bits per heavy atom. The summed E-state index contributed by atoms with van der Waals surface area (Å²) in [7, 11) is 4.12. The van der Waals surface area contributed by atoms with E-state index in [4.69, 9.17) is 0 Å². The second-order valence-corrected chi connectivity index (χ2v) is 7.27. The van der Waals surface area contributed by atoms with E-state index in [2.05, 4.69) is 43.3 Å². The smallest absolute Gasteiger partial charge is 0.0869 e. The molecular weight excluding hydrogens is 290 g/mol. The molecule has 22 heavy (non-hydrogen) atoms. The third kappa shape index (κ3) is 5.16. The van der Waals surface area contributed by atoms with E-state index < -0.39 is 5.60 Å². The lowest BCUT2D eigenvalue weighted by molar-refractivity contribution is 0.0436. The predicted molar refractivity (Wildman–Crippen MR) is 94.4 cm³/mol. The molecule has 0 spiro atoms. The van der Waals surface area contributed by atoms with Crippen molar-refractivity contribution in [3.8, 4) is 0 Å². The van der Waals surface area contributed by atoms with Crippen LogP contribution in [0, 0.1) is 0 Å². The Morgan fingerprint density at radius 1 is 0.955 bits per heavy atom. The summed E-state index contributed by atoms with van der Waals surface area (Å²) < 4.78 is 0. The molecule has 0 aliphatic rings. The summed E-state index contributed by atoms with van der Waals surface area (Å²) in [5.41, 5.74) is 0.232. The SMILES string of the molecule is CN(C)CCCC(C)(O)c1ccc(Sc2ccccc2)cc1. The van der Waals surface area contributed by atoms with Gasteiger partial charge in [0, 0.05) is 9.79 Å². The zero-order valence-electron chi connectivity index (χ0n) is 13.6. The fourth-order valence-electron chi connectivity index (χ4n) is 2.39. The fourth-order valence-corrected chi connectivity index (χ4v) is 3.23. The second-order valence-electron chi connectivity index (χ2n) is 6.12. The van der Waals surface area contributed by atoms with Crippen molar-refractivity contribution in [1.29, 1.82) is 0 Å². The zero-order chi connectivity index (χ0) is 16.0. The van der Waals surface area contributed by atoms with E-state index in [-0.39, 0.29) is 0 Å². The molecule has 0 heterocycles. The molecule has 0 aliphatic heterocycles. The van der Waals surface area contributed by atoms with Crippen molar-refractivity contribution in [1.82, 2.24) is 4.90 Å². The Labute approximate surface area is 138 Å². The van der Waals surface area contributed by atoms with E-state index in [0.717, 1.165) is 24.9 Å². The van der Waals surface area contributed by atoms with Crippen LogP contribution in [0.4, 0.5) is 0 Å². The summed E-state index contributed by atoms with van der Waals surface area (Å²) in [5.74, 6) is 0. The largest absolute Gasteiger partial charge is 0.385 e. The molecule has 1 unspecified atom stereocenters. The number of rotatable bonds is 7. The maximum atomic E-state index is 10.7. The average Bonchev–Trinajstić information content (AvgIpc) is 2.48. The van der Waals surface area contributed by atoms with Gasteiger partial charge in [-0.1, -0.05) is 42.1 Å². The number of nitrogens with zero attached hydrogens (tertiary/aromatic N) is 1. The minimum Gasteiger partial charge on any atom is -0.385 e. The van der Waals surface area contributed by atoms with Crippen LogP contribution in [-0.2, 0) is 5.60 Å². The van der Waals surface area contributed by atoms with Crippen molar-refractivity contribution >= 4 is 11.8 Å². The lowest BCUT2D eigenvalue weighted by atomic mass is 9.91. The monoisotopic (exact) mass is 315 g/mol. The average molecular weight is 315 g/mol. The molecule has 118 valence electrons. The van der Waals surface area contributed by atoms with E-state index in [1.807, 2.05) is 37.3 Å². The number of benzene rings is 2. The van der Waals surface area contributed by atoms with Gasteiger partial charge in [-0.3, -0.25) is 0 Å². The van der Waals surface area contributed by atoms with Crippen LogP contribution in [0.1, 0.15) is 25.3 Å². The number of aliphatic hydroxyl groups is 1. The van der Waals surface area contributed by atoms with Gasteiger partial charge < -0.3 is 10.0 Å². The lowest BCUT2D eigenvalue weighted by Gasteiger charge is -2.25. The molecule has 3 heteroatoms. The summed E-state index contributed by atoms with van der Waals surface area (Å²) >= 11 is 1.74. The summed E-state index contributed by atoms with van der Waals surface area (Å²) in [4.78, 5) is 4.57. The van der Waals surface area contributed by atoms with Crippen LogP contribution in [0.15, 0.2) is 64.4 Å². The topological polar surface area (TPSA) is 23.5 Å². The van der Waals surface area contributed by atoms with E-state index in [1.54, 1.807) is 11.8 Å². The third-order valence-electron chi connectivity index (χ3n) is 3.72. The molecule has 0 aliphatic carbocycles. The van der Waals surface area contributed by atoms with Gasteiger partial charge in [-0.2, -0.15) is 0 Å². The van der Waals surface area contributed by atoms with Gasteiger partial charge >= 0.3 is 0 Å². The second kappa shape index (κ2) is 7.82. The Hall–Kier alpha value is -1.29. The molecule has 0 saturated carbocycles. The lowest BCUT2D eigenvalue weighted by Crippen LogP contribution is -2.23. The van der Waals surface area contributed by atoms with E-state index in [1.165, 1.54) is 9.79 Å². The van der Waals surface area contributed by atoms with Gasteiger partial charge in [0.2, 0.25) is 0 Å². The summed E-state index contributed by atoms with van der Waals surface area (Å²) in [6.07, 6.45) is 1.76. The summed E-state index contributed by atoms with van der Waals surface area (Å²) in [5, 5.41) is 10.7. The van der Waals surface area contributed by atoms with Crippen LogP contribution in [0.2, 0.25) is 0 Å². The van der Waals surface area contributed by atoms with Crippen LogP contribution < -0.4 is 0 Å². The molecule has 2 rings (SSSR count). The van der Waals surface area contributed by atoms with E-state index >= 15 is 0 Å². The summed E-state index contributed by atoms with van der Waals surface area (Å²) in [6.45, 7) is 2.90. The van der Waals surface area contributed by atoms with Crippen LogP contribution in [-0.4, -0.2) is 30.6 Å². The predicted octanol–water partition coefficient (Wildman–Crippen LogP) is 4.39. The molecule has 1 N–H and O–H groups in total. The van der Waals surface area contributed by atoms with Gasteiger partial charge in [-0.25, -0.2) is 0 Å².